The average Bonchev–Trinajstić information content (AvgIpc) is 2.71. The molecule has 1 amide bonds. The van der Waals surface area contributed by atoms with Crippen LogP contribution < -0.4 is 5.73 Å². The smallest absolute Gasteiger partial charge is 0.321 e. The number of carbonyl (C=O) groups is 2. The molecule has 0 aromatic heterocycles. The molecular weight excluding hydrogens is 234 g/mol. The van der Waals surface area contributed by atoms with Gasteiger partial charge in [0.05, 0.1) is 6.42 Å². The van der Waals surface area contributed by atoms with Crippen LogP contribution in [0.1, 0.15) is 19.3 Å². The highest BCUT2D eigenvalue weighted by atomic mass is 16.4. The molecule has 104 valence electrons. The van der Waals surface area contributed by atoms with Crippen molar-refractivity contribution in [3.05, 3.63) is 0 Å². The average molecular weight is 257 g/mol. The van der Waals surface area contributed by atoms with Crippen LogP contribution in [0.15, 0.2) is 0 Å². The third-order valence-corrected chi connectivity index (χ3v) is 3.50. The van der Waals surface area contributed by atoms with E-state index in [1.165, 1.54) is 6.42 Å². The van der Waals surface area contributed by atoms with Gasteiger partial charge >= 0.3 is 5.97 Å². The van der Waals surface area contributed by atoms with Gasteiger partial charge in [-0.25, -0.2) is 0 Å². The topological polar surface area (TPSA) is 86.9 Å². The molecule has 0 aromatic carbocycles. The van der Waals surface area contributed by atoms with Crippen molar-refractivity contribution in [2.75, 3.05) is 33.7 Å². The van der Waals surface area contributed by atoms with Gasteiger partial charge in [0.15, 0.2) is 0 Å². The molecule has 3 N–H and O–H groups in total. The molecule has 1 aliphatic heterocycles. The monoisotopic (exact) mass is 257 g/mol. The minimum atomic E-state index is -1.13. The summed E-state index contributed by atoms with van der Waals surface area (Å²) >= 11 is 0. The second-order valence-electron chi connectivity index (χ2n) is 5.17. The molecule has 1 rings (SSSR count). The SMILES string of the molecule is CN1CCC(CCN(C)C(=O)CC(N)C(=O)O)C1. The minimum absolute atomic E-state index is 0.129. The van der Waals surface area contributed by atoms with E-state index in [1.54, 1.807) is 11.9 Å². The molecule has 18 heavy (non-hydrogen) atoms. The van der Waals surface area contributed by atoms with Crippen LogP contribution in [0.2, 0.25) is 0 Å². The van der Waals surface area contributed by atoms with E-state index in [0.717, 1.165) is 19.5 Å². The lowest BCUT2D eigenvalue weighted by Crippen LogP contribution is -2.38. The van der Waals surface area contributed by atoms with Crippen LogP contribution >= 0.6 is 0 Å². The fourth-order valence-electron chi connectivity index (χ4n) is 2.19. The zero-order valence-corrected chi connectivity index (χ0v) is 11.1. The molecule has 0 radical (unpaired) electrons. The van der Waals surface area contributed by atoms with Crippen LogP contribution in [-0.4, -0.2) is 66.6 Å². The number of nitrogens with two attached hydrogens (primary N) is 1. The van der Waals surface area contributed by atoms with Crippen molar-refractivity contribution in [2.24, 2.45) is 11.7 Å². The van der Waals surface area contributed by atoms with Crippen LogP contribution in [0.5, 0.6) is 0 Å². The Balaban J connectivity index is 2.25. The Kier molecular flexibility index (Phi) is 5.55. The summed E-state index contributed by atoms with van der Waals surface area (Å²) in [5.74, 6) is -0.691. The maximum Gasteiger partial charge on any atom is 0.321 e. The first kappa shape index (κ1) is 14.9. The van der Waals surface area contributed by atoms with Gasteiger partial charge in [0.1, 0.15) is 6.04 Å². The Morgan fingerprint density at radius 2 is 2.22 bits per heavy atom. The van der Waals surface area contributed by atoms with E-state index in [9.17, 15) is 9.59 Å². The standard InChI is InChI=1S/C12H23N3O3/c1-14-5-3-9(8-14)4-6-15(2)11(16)7-10(13)12(17)18/h9-10H,3-8,13H2,1-2H3,(H,17,18). The van der Waals surface area contributed by atoms with Gasteiger partial charge in [-0.2, -0.15) is 0 Å². The molecule has 0 aliphatic carbocycles. The minimum Gasteiger partial charge on any atom is -0.480 e. The number of carboxylic acids is 1. The van der Waals surface area contributed by atoms with Crippen molar-refractivity contribution in [3.63, 3.8) is 0 Å². The Morgan fingerprint density at radius 3 is 2.72 bits per heavy atom. The molecule has 0 spiro atoms. The quantitative estimate of drug-likeness (QED) is 0.675. The summed E-state index contributed by atoms with van der Waals surface area (Å²) in [5.41, 5.74) is 5.34. The second-order valence-corrected chi connectivity index (χ2v) is 5.17. The highest BCUT2D eigenvalue weighted by Gasteiger charge is 2.22. The highest BCUT2D eigenvalue weighted by Crippen LogP contribution is 2.18. The molecule has 1 aliphatic rings. The fourth-order valence-corrected chi connectivity index (χ4v) is 2.19. The number of rotatable bonds is 6. The zero-order chi connectivity index (χ0) is 13.7. The molecule has 0 aromatic rings. The van der Waals surface area contributed by atoms with Gasteiger partial charge in [0.25, 0.3) is 0 Å². The molecule has 0 bridgehead atoms. The number of likely N-dealkylation sites (tertiary alicyclic amines) is 1. The predicted molar refractivity (Wildman–Crippen MR) is 68.1 cm³/mol. The third kappa shape index (κ3) is 4.62. The van der Waals surface area contributed by atoms with Gasteiger partial charge in [0, 0.05) is 20.1 Å². The summed E-state index contributed by atoms with van der Waals surface area (Å²) in [6.45, 7) is 2.87. The summed E-state index contributed by atoms with van der Waals surface area (Å²) in [4.78, 5) is 26.1. The van der Waals surface area contributed by atoms with Crippen molar-refractivity contribution in [3.8, 4) is 0 Å². The Bertz CT molecular complexity index is 309. The number of hydrogen-bond donors (Lipinski definition) is 2. The van der Waals surface area contributed by atoms with Crippen molar-refractivity contribution in [1.82, 2.24) is 9.80 Å². The lowest BCUT2D eigenvalue weighted by atomic mass is 10.0. The van der Waals surface area contributed by atoms with Crippen molar-refractivity contribution in [2.45, 2.75) is 25.3 Å². The van der Waals surface area contributed by atoms with E-state index in [0.29, 0.717) is 12.5 Å². The van der Waals surface area contributed by atoms with Gasteiger partial charge in [0.2, 0.25) is 5.91 Å². The Labute approximate surface area is 108 Å². The lowest BCUT2D eigenvalue weighted by molar-refractivity contribution is -0.142. The third-order valence-electron chi connectivity index (χ3n) is 3.50. The maximum atomic E-state index is 11.7. The van der Waals surface area contributed by atoms with Crippen LogP contribution in [-0.2, 0) is 9.59 Å². The predicted octanol–water partition coefficient (Wildman–Crippen LogP) is -0.411. The van der Waals surface area contributed by atoms with E-state index in [2.05, 4.69) is 11.9 Å². The summed E-state index contributed by atoms with van der Waals surface area (Å²) in [6, 6.07) is -1.10. The lowest BCUT2D eigenvalue weighted by Gasteiger charge is -2.20. The summed E-state index contributed by atoms with van der Waals surface area (Å²) in [6.07, 6.45) is 2.01. The molecule has 6 heteroatoms. The molecule has 1 saturated heterocycles. The van der Waals surface area contributed by atoms with Crippen molar-refractivity contribution >= 4 is 11.9 Å². The molecule has 6 nitrogen and oxygen atoms in total. The van der Waals surface area contributed by atoms with E-state index in [1.807, 2.05) is 0 Å². The number of amides is 1. The van der Waals surface area contributed by atoms with Crippen molar-refractivity contribution in [1.29, 1.82) is 0 Å². The van der Waals surface area contributed by atoms with E-state index < -0.39 is 12.0 Å². The second kappa shape index (κ2) is 6.70. The van der Waals surface area contributed by atoms with E-state index in [-0.39, 0.29) is 12.3 Å². The highest BCUT2D eigenvalue weighted by molar-refractivity contribution is 5.84. The molecule has 0 saturated carbocycles. The largest absolute Gasteiger partial charge is 0.480 e. The van der Waals surface area contributed by atoms with Crippen LogP contribution in [0.4, 0.5) is 0 Å². The molecular formula is C12H23N3O3. The van der Waals surface area contributed by atoms with Crippen LogP contribution in [0.3, 0.4) is 0 Å². The van der Waals surface area contributed by atoms with E-state index in [4.69, 9.17) is 10.8 Å². The normalized spacial score (nSPS) is 21.8. The first-order chi connectivity index (χ1) is 8.40. The first-order valence-electron chi connectivity index (χ1n) is 6.31. The number of aliphatic carboxylic acids is 1. The number of carboxylic acid groups (broad SMARTS) is 1. The molecule has 1 fully saturated rings. The number of hydrogen-bond acceptors (Lipinski definition) is 4. The fraction of sp³-hybridized carbons (Fsp3) is 0.833. The zero-order valence-electron chi connectivity index (χ0n) is 11.1. The number of carbonyl (C=O) groups excluding carboxylic acids is 1. The maximum absolute atomic E-state index is 11.7. The van der Waals surface area contributed by atoms with Gasteiger partial charge in [-0.05, 0) is 32.4 Å². The van der Waals surface area contributed by atoms with Gasteiger partial charge in [-0.15, -0.1) is 0 Å². The summed E-state index contributed by atoms with van der Waals surface area (Å²) in [5, 5.41) is 8.64. The molecule has 1 heterocycles. The Morgan fingerprint density at radius 1 is 1.56 bits per heavy atom. The summed E-state index contributed by atoms with van der Waals surface area (Å²) < 4.78 is 0. The number of nitrogens with zero attached hydrogens (tertiary/aromatic N) is 2. The van der Waals surface area contributed by atoms with Crippen LogP contribution in [0, 0.1) is 5.92 Å². The van der Waals surface area contributed by atoms with Gasteiger partial charge in [-0.1, -0.05) is 0 Å². The summed E-state index contributed by atoms with van der Waals surface area (Å²) in [7, 11) is 3.80. The Hall–Kier alpha value is -1.14. The van der Waals surface area contributed by atoms with Crippen LogP contribution in [0.25, 0.3) is 0 Å². The van der Waals surface area contributed by atoms with Crippen molar-refractivity contribution < 1.29 is 14.7 Å². The van der Waals surface area contributed by atoms with Gasteiger partial charge < -0.3 is 20.6 Å². The molecule has 2 unspecified atom stereocenters. The van der Waals surface area contributed by atoms with Gasteiger partial charge in [-0.3, -0.25) is 9.59 Å². The van der Waals surface area contributed by atoms with E-state index >= 15 is 0 Å². The first-order valence-corrected chi connectivity index (χ1v) is 6.31. The molecule has 2 atom stereocenters.